The molecule has 1 atom stereocenters. The van der Waals surface area contributed by atoms with E-state index in [-0.39, 0.29) is 47.4 Å². The largest absolute Gasteiger partial charge is 0.416 e. The number of nitrogens with one attached hydrogen (secondary N) is 2. The van der Waals surface area contributed by atoms with Crippen LogP contribution in [0.3, 0.4) is 0 Å². The Bertz CT molecular complexity index is 1380. The molecular weight excluding hydrogens is 606 g/mol. The number of allylic oxidation sites excluding steroid dienone is 1. The molecule has 13 heteroatoms. The number of carbonyl (C=O) groups is 3. The van der Waals surface area contributed by atoms with Crippen molar-refractivity contribution < 1.29 is 50.3 Å². The Morgan fingerprint density at radius 1 is 0.867 bits per heavy atom. The van der Waals surface area contributed by atoms with E-state index in [1.54, 1.807) is 6.07 Å². The van der Waals surface area contributed by atoms with Crippen molar-refractivity contribution in [1.29, 1.82) is 0 Å². The van der Waals surface area contributed by atoms with Gasteiger partial charge in [-0.05, 0) is 92.1 Å². The van der Waals surface area contributed by atoms with Gasteiger partial charge in [0.1, 0.15) is 0 Å². The Morgan fingerprint density at radius 3 is 2.16 bits per heavy atom. The molecule has 2 amide bonds. The van der Waals surface area contributed by atoms with Crippen molar-refractivity contribution in [2.75, 3.05) is 11.9 Å². The predicted octanol–water partition coefficient (Wildman–Crippen LogP) is 7.79. The third-order valence-corrected chi connectivity index (χ3v) is 7.54. The Hall–Kier alpha value is -3.71. The van der Waals surface area contributed by atoms with Crippen LogP contribution in [0.25, 0.3) is 6.08 Å². The minimum absolute atomic E-state index is 0.0437. The molecule has 1 aliphatic heterocycles. The molecule has 1 unspecified atom stereocenters. The van der Waals surface area contributed by atoms with E-state index in [0.29, 0.717) is 55.7 Å². The van der Waals surface area contributed by atoms with Crippen LogP contribution in [0, 0.1) is 0 Å². The van der Waals surface area contributed by atoms with Crippen molar-refractivity contribution in [3.05, 3.63) is 69.8 Å². The highest BCUT2D eigenvalue weighted by atomic mass is 19.4. The third kappa shape index (κ3) is 10.1. The van der Waals surface area contributed by atoms with Gasteiger partial charge in [0.15, 0.2) is 12.1 Å². The summed E-state index contributed by atoms with van der Waals surface area (Å²) in [6.45, 7) is 0.619. The highest BCUT2D eigenvalue weighted by Crippen LogP contribution is 2.37. The monoisotopic (exact) mass is 640 g/mol. The Morgan fingerprint density at radius 2 is 1.53 bits per heavy atom. The van der Waals surface area contributed by atoms with Crippen LogP contribution >= 0.6 is 0 Å². The Balaban J connectivity index is 1.24. The summed E-state index contributed by atoms with van der Waals surface area (Å²) in [5.41, 5.74) is 0.603. The number of amides is 2. The second-order valence-electron chi connectivity index (χ2n) is 11.1. The lowest BCUT2D eigenvalue weighted by Crippen LogP contribution is -2.32. The summed E-state index contributed by atoms with van der Waals surface area (Å²) in [5, 5.41) is 2.79. The van der Waals surface area contributed by atoms with Crippen molar-refractivity contribution in [1.82, 2.24) is 5.48 Å². The number of Topliss-reactive ketones (excluding diaryl/α,β-unsaturated/α-hetero) is 1. The van der Waals surface area contributed by atoms with E-state index in [9.17, 15) is 40.7 Å². The average Bonchev–Trinajstić information content (AvgIpc) is 2.99. The minimum Gasteiger partial charge on any atom is -0.350 e. The molecule has 1 heterocycles. The zero-order valence-electron chi connectivity index (χ0n) is 24.4. The van der Waals surface area contributed by atoms with Crippen LogP contribution in [0.1, 0.15) is 96.8 Å². The second-order valence-corrected chi connectivity index (χ2v) is 11.1. The van der Waals surface area contributed by atoms with Gasteiger partial charge in [-0.25, -0.2) is 10.3 Å². The van der Waals surface area contributed by atoms with Crippen molar-refractivity contribution in [3.63, 3.8) is 0 Å². The van der Waals surface area contributed by atoms with Crippen molar-refractivity contribution in [2.45, 2.75) is 89.3 Å². The smallest absolute Gasteiger partial charge is 0.350 e. The molecule has 45 heavy (non-hydrogen) atoms. The van der Waals surface area contributed by atoms with E-state index in [0.717, 1.165) is 38.2 Å². The summed E-state index contributed by atoms with van der Waals surface area (Å²) < 4.78 is 84.8. The summed E-state index contributed by atoms with van der Waals surface area (Å²) >= 11 is 0. The van der Waals surface area contributed by atoms with Crippen LogP contribution < -0.4 is 10.8 Å². The number of rotatable bonds is 11. The molecule has 2 N–H and O–H groups in total. The summed E-state index contributed by atoms with van der Waals surface area (Å²) in [6.07, 6.45) is -2.84. The summed E-state index contributed by atoms with van der Waals surface area (Å²) in [7, 11) is 0. The first-order valence-corrected chi connectivity index (χ1v) is 14.8. The molecule has 7 nitrogen and oxygen atoms in total. The fourth-order valence-electron chi connectivity index (χ4n) is 5.19. The third-order valence-electron chi connectivity index (χ3n) is 7.54. The number of alkyl halides is 6. The molecule has 2 aromatic rings. The van der Waals surface area contributed by atoms with Crippen LogP contribution in [0.5, 0.6) is 0 Å². The number of anilines is 1. The van der Waals surface area contributed by atoms with E-state index < -0.39 is 35.6 Å². The summed E-state index contributed by atoms with van der Waals surface area (Å²) in [5.74, 6) is -0.939. The summed E-state index contributed by atoms with van der Waals surface area (Å²) in [4.78, 5) is 42.6. The number of halogens is 6. The number of ketones is 1. The zero-order chi connectivity index (χ0) is 32.6. The SMILES string of the molecule is O=C(CCCCCCC(=O)Nc1ccc2c(c1)CC/C(=C\c1cc(C(F)(F)F)cc(C(F)(F)F)c1)C2=O)NOC1CCCCO1. The lowest BCUT2D eigenvalue weighted by atomic mass is 9.85. The number of hydrogen-bond acceptors (Lipinski definition) is 5. The molecule has 0 saturated carbocycles. The van der Waals surface area contributed by atoms with Crippen molar-refractivity contribution in [3.8, 4) is 0 Å². The molecule has 0 aromatic heterocycles. The highest BCUT2D eigenvalue weighted by Gasteiger charge is 2.37. The maximum Gasteiger partial charge on any atom is 0.416 e. The lowest BCUT2D eigenvalue weighted by molar-refractivity contribution is -0.200. The van der Waals surface area contributed by atoms with Gasteiger partial charge in [-0.1, -0.05) is 12.8 Å². The molecule has 4 rings (SSSR count). The average molecular weight is 641 g/mol. The number of aryl methyl sites for hydroxylation is 1. The van der Waals surface area contributed by atoms with E-state index in [4.69, 9.17) is 9.57 Å². The second kappa shape index (κ2) is 15.0. The van der Waals surface area contributed by atoms with Crippen LogP contribution in [0.4, 0.5) is 32.0 Å². The molecule has 0 bridgehead atoms. The van der Waals surface area contributed by atoms with E-state index >= 15 is 0 Å². The molecule has 0 spiro atoms. The standard InChI is InChI=1S/C32H34F6N2O5/c33-31(34,35)23-16-20(17-24(19-23)32(36,37)38)15-22-11-10-21-18-25(12-13-26(21)30(22)43)39-27(41)7-3-1-2-4-8-28(42)40-45-29-9-5-6-14-44-29/h12-13,15-19,29H,1-11,14H2,(H,39,41)(H,40,42)/b22-15+. The van der Waals surface area contributed by atoms with Crippen molar-refractivity contribution >= 4 is 29.4 Å². The lowest BCUT2D eigenvalue weighted by Gasteiger charge is -2.22. The van der Waals surface area contributed by atoms with Gasteiger partial charge in [-0.15, -0.1) is 0 Å². The number of ether oxygens (including phenoxy) is 1. The van der Waals surface area contributed by atoms with Gasteiger partial charge in [-0.2, -0.15) is 26.3 Å². The minimum atomic E-state index is -4.99. The molecule has 244 valence electrons. The van der Waals surface area contributed by atoms with Gasteiger partial charge in [0.2, 0.25) is 11.8 Å². The molecule has 2 aromatic carbocycles. The van der Waals surface area contributed by atoms with Gasteiger partial charge in [0.05, 0.1) is 11.1 Å². The molecule has 1 saturated heterocycles. The maximum atomic E-state index is 13.2. The predicted molar refractivity (Wildman–Crippen MR) is 153 cm³/mol. The first-order valence-electron chi connectivity index (χ1n) is 14.8. The molecule has 0 radical (unpaired) electrons. The van der Waals surface area contributed by atoms with Gasteiger partial charge in [0, 0.05) is 42.7 Å². The number of benzene rings is 2. The molecule has 1 fully saturated rings. The van der Waals surface area contributed by atoms with E-state index in [1.165, 1.54) is 12.1 Å². The van der Waals surface area contributed by atoms with Gasteiger partial charge >= 0.3 is 12.4 Å². The van der Waals surface area contributed by atoms with Crippen LogP contribution in [-0.4, -0.2) is 30.5 Å². The maximum absolute atomic E-state index is 13.2. The van der Waals surface area contributed by atoms with Crippen LogP contribution in [-0.2, 0) is 37.9 Å². The van der Waals surface area contributed by atoms with Crippen LogP contribution in [0.2, 0.25) is 0 Å². The van der Waals surface area contributed by atoms with Gasteiger partial charge < -0.3 is 10.1 Å². The molecule has 1 aliphatic carbocycles. The number of carbonyl (C=O) groups excluding carboxylic acids is 3. The first-order chi connectivity index (χ1) is 21.3. The Kier molecular flexibility index (Phi) is 11.4. The van der Waals surface area contributed by atoms with Crippen molar-refractivity contribution in [2.24, 2.45) is 0 Å². The quantitative estimate of drug-likeness (QED) is 0.113. The Labute approximate surface area is 256 Å². The topological polar surface area (TPSA) is 93.7 Å². The molecular formula is C32H34F6N2O5. The van der Waals surface area contributed by atoms with Gasteiger partial charge in [0.25, 0.3) is 0 Å². The number of unbranched alkanes of at least 4 members (excludes halogenated alkanes) is 3. The number of hydrogen-bond donors (Lipinski definition) is 2. The summed E-state index contributed by atoms with van der Waals surface area (Å²) in [6, 6.07) is 5.88. The zero-order valence-corrected chi connectivity index (χ0v) is 24.4. The van der Waals surface area contributed by atoms with E-state index in [2.05, 4.69) is 10.8 Å². The van der Waals surface area contributed by atoms with Crippen LogP contribution in [0.15, 0.2) is 42.0 Å². The van der Waals surface area contributed by atoms with E-state index in [1.807, 2.05) is 0 Å². The normalized spacial score (nSPS) is 18.0. The fraction of sp³-hybridized carbons (Fsp3) is 0.469. The number of fused-ring (bicyclic) bond motifs is 1. The number of hydroxylamine groups is 1. The first kappa shape index (κ1) is 34.2. The highest BCUT2D eigenvalue weighted by molar-refractivity contribution is 6.13. The fourth-order valence-corrected chi connectivity index (χ4v) is 5.19. The molecule has 2 aliphatic rings. The van der Waals surface area contributed by atoms with Gasteiger partial charge in [-0.3, -0.25) is 14.4 Å².